The molecule has 8 nitrogen and oxygen atoms in total. The van der Waals surface area contributed by atoms with Gasteiger partial charge in [-0.15, -0.1) is 16.8 Å². The van der Waals surface area contributed by atoms with E-state index in [2.05, 4.69) is 10.3 Å². The number of anilines is 1. The average molecular weight is 413 g/mol. The van der Waals surface area contributed by atoms with E-state index in [4.69, 9.17) is 0 Å². The van der Waals surface area contributed by atoms with Gasteiger partial charge in [0.1, 0.15) is 6.21 Å². The fourth-order valence-electron chi connectivity index (χ4n) is 3.09. The second-order valence-electron chi connectivity index (χ2n) is 6.81. The molecule has 4 amide bonds. The molecule has 3 rings (SSSR count). The number of aliphatic imine (C=N–C) groups is 1. The SMILES string of the molecule is CC(=O)c1ccc(NC(=O)CSC2=C(C)C=NC3=[N+](C)C(=O)N(C)C(=O)C23)cc1. The largest absolute Gasteiger partial charge is 0.445 e. The van der Waals surface area contributed by atoms with E-state index in [1.165, 1.54) is 30.3 Å². The molecule has 2 aliphatic rings. The van der Waals surface area contributed by atoms with Gasteiger partial charge in [-0.1, -0.05) is 0 Å². The summed E-state index contributed by atoms with van der Waals surface area (Å²) in [5.41, 5.74) is 1.94. The molecular formula is C20H21N4O4S+. The Bertz CT molecular complexity index is 1010. The van der Waals surface area contributed by atoms with Gasteiger partial charge in [-0.2, -0.15) is 9.48 Å². The van der Waals surface area contributed by atoms with Gasteiger partial charge in [0.2, 0.25) is 5.91 Å². The summed E-state index contributed by atoms with van der Waals surface area (Å²) in [6.07, 6.45) is 1.61. The Morgan fingerprint density at radius 3 is 2.52 bits per heavy atom. The van der Waals surface area contributed by atoms with Crippen LogP contribution in [-0.4, -0.2) is 65.0 Å². The Morgan fingerprint density at radius 2 is 1.90 bits per heavy atom. The lowest BCUT2D eigenvalue weighted by atomic mass is 9.99. The zero-order valence-electron chi connectivity index (χ0n) is 16.6. The van der Waals surface area contributed by atoms with Crippen LogP contribution in [0.2, 0.25) is 0 Å². The van der Waals surface area contributed by atoms with Crippen LogP contribution in [0.3, 0.4) is 0 Å². The molecule has 0 radical (unpaired) electrons. The van der Waals surface area contributed by atoms with Crippen molar-refractivity contribution < 1.29 is 23.8 Å². The number of hydrogen-bond donors (Lipinski definition) is 1. The number of thioether (sulfide) groups is 1. The first-order chi connectivity index (χ1) is 13.7. The number of carbonyl (C=O) groups excluding carboxylic acids is 4. The highest BCUT2D eigenvalue weighted by atomic mass is 32.2. The summed E-state index contributed by atoms with van der Waals surface area (Å²) in [6, 6.07) is 6.21. The summed E-state index contributed by atoms with van der Waals surface area (Å²) in [5.74, 6) is -0.879. The van der Waals surface area contributed by atoms with Gasteiger partial charge in [0, 0.05) is 16.2 Å². The van der Waals surface area contributed by atoms with Crippen LogP contribution in [0.5, 0.6) is 0 Å². The van der Waals surface area contributed by atoms with Gasteiger partial charge in [0.05, 0.1) is 19.8 Å². The van der Waals surface area contributed by atoms with E-state index in [0.29, 0.717) is 22.0 Å². The maximum absolute atomic E-state index is 12.7. The van der Waals surface area contributed by atoms with Crippen molar-refractivity contribution in [3.8, 4) is 0 Å². The van der Waals surface area contributed by atoms with Gasteiger partial charge in [0.15, 0.2) is 11.7 Å². The topological polar surface area (TPSA) is 98.9 Å². The Labute approximate surface area is 172 Å². The second-order valence-corrected chi connectivity index (χ2v) is 7.82. The van der Waals surface area contributed by atoms with Crippen molar-refractivity contribution in [2.24, 2.45) is 10.9 Å². The molecule has 1 N–H and O–H groups in total. The Hall–Kier alpha value is -3.07. The summed E-state index contributed by atoms with van der Waals surface area (Å²) in [4.78, 5) is 54.6. The highest BCUT2D eigenvalue weighted by molar-refractivity contribution is 8.03. The minimum Gasteiger partial charge on any atom is -0.325 e. The van der Waals surface area contributed by atoms with Gasteiger partial charge < -0.3 is 5.32 Å². The number of benzene rings is 1. The van der Waals surface area contributed by atoms with Gasteiger partial charge in [-0.3, -0.25) is 14.4 Å². The number of nitrogens with zero attached hydrogens (tertiary/aromatic N) is 3. The molecule has 2 heterocycles. The molecule has 0 fully saturated rings. The third-order valence-corrected chi connectivity index (χ3v) is 6.00. The van der Waals surface area contributed by atoms with Gasteiger partial charge in [-0.25, -0.2) is 4.79 Å². The number of imide groups is 1. The van der Waals surface area contributed by atoms with Crippen LogP contribution in [0.1, 0.15) is 24.2 Å². The molecule has 0 spiro atoms. The Morgan fingerprint density at radius 1 is 1.24 bits per heavy atom. The van der Waals surface area contributed by atoms with Crippen LogP contribution in [-0.2, 0) is 9.59 Å². The van der Waals surface area contributed by atoms with Crippen LogP contribution in [0.15, 0.2) is 39.7 Å². The maximum Gasteiger partial charge on any atom is 0.445 e. The number of hydrogen-bond acceptors (Lipinski definition) is 6. The van der Waals surface area contributed by atoms with E-state index in [1.54, 1.807) is 37.5 Å². The van der Waals surface area contributed by atoms with Crippen molar-refractivity contribution in [2.45, 2.75) is 13.8 Å². The molecule has 2 aliphatic heterocycles. The number of rotatable bonds is 5. The lowest BCUT2D eigenvalue weighted by Crippen LogP contribution is -2.52. The zero-order valence-corrected chi connectivity index (χ0v) is 17.4. The summed E-state index contributed by atoms with van der Waals surface area (Å²) >= 11 is 1.25. The van der Waals surface area contributed by atoms with Crippen LogP contribution in [0.25, 0.3) is 0 Å². The molecule has 150 valence electrons. The summed E-state index contributed by atoms with van der Waals surface area (Å²) in [5, 5.41) is 2.78. The lowest BCUT2D eigenvalue weighted by Gasteiger charge is -2.27. The van der Waals surface area contributed by atoms with Gasteiger partial charge in [0.25, 0.3) is 5.84 Å². The number of nitrogens with one attached hydrogen (secondary N) is 1. The standard InChI is InChI=1S/C20H20N4O4S/c1-11-9-21-18-16(19(27)24(4)20(28)23(18)3)17(11)29-10-15(26)22-14-7-5-13(6-8-14)12(2)25/h5-9,16H,10H2,1-4H3/p+1. The summed E-state index contributed by atoms with van der Waals surface area (Å²) in [7, 11) is 3.01. The van der Waals surface area contributed by atoms with Crippen molar-refractivity contribution in [1.82, 2.24) is 4.90 Å². The van der Waals surface area contributed by atoms with Gasteiger partial charge in [-0.05, 0) is 43.7 Å². The van der Waals surface area contributed by atoms with Crippen LogP contribution < -0.4 is 5.32 Å². The normalized spacial score (nSPS) is 18.9. The smallest absolute Gasteiger partial charge is 0.325 e. The number of ketones is 1. The first kappa shape index (κ1) is 20.7. The zero-order chi connectivity index (χ0) is 21.3. The van der Waals surface area contributed by atoms with Gasteiger partial charge >= 0.3 is 11.9 Å². The predicted molar refractivity (Wildman–Crippen MR) is 112 cm³/mol. The molecule has 1 unspecified atom stereocenters. The van der Waals surface area contributed by atoms with E-state index in [-0.39, 0.29) is 23.4 Å². The Balaban J connectivity index is 1.73. The van der Waals surface area contributed by atoms with Crippen molar-refractivity contribution in [3.05, 3.63) is 40.3 Å². The maximum atomic E-state index is 12.7. The number of dihydropyridines is 1. The highest BCUT2D eigenvalue weighted by Crippen LogP contribution is 2.34. The number of fused-ring (bicyclic) bond motifs is 1. The lowest BCUT2D eigenvalue weighted by molar-refractivity contribution is -0.407. The predicted octanol–water partition coefficient (Wildman–Crippen LogP) is 2.17. The number of carbonyl (C=O) groups is 4. The molecule has 0 aliphatic carbocycles. The number of amides is 4. The van der Waals surface area contributed by atoms with Crippen LogP contribution in [0.4, 0.5) is 10.5 Å². The fraction of sp³-hybridized carbons (Fsp3) is 0.300. The van der Waals surface area contributed by atoms with Crippen LogP contribution >= 0.6 is 11.8 Å². The van der Waals surface area contributed by atoms with E-state index < -0.39 is 11.9 Å². The number of allylic oxidation sites excluding steroid dienone is 1. The van der Waals surface area contributed by atoms with E-state index >= 15 is 0 Å². The molecule has 0 saturated carbocycles. The van der Waals surface area contributed by atoms with Crippen molar-refractivity contribution in [3.63, 3.8) is 0 Å². The number of urea groups is 1. The Kier molecular flexibility index (Phi) is 5.78. The third-order valence-electron chi connectivity index (χ3n) is 4.73. The van der Waals surface area contributed by atoms with Crippen molar-refractivity contribution in [2.75, 3.05) is 25.2 Å². The minimum atomic E-state index is -0.694. The first-order valence-electron chi connectivity index (χ1n) is 8.91. The molecule has 29 heavy (non-hydrogen) atoms. The van der Waals surface area contributed by atoms with E-state index in [9.17, 15) is 19.2 Å². The van der Waals surface area contributed by atoms with Crippen LogP contribution in [0, 0.1) is 5.92 Å². The first-order valence-corrected chi connectivity index (χ1v) is 9.90. The van der Waals surface area contributed by atoms with E-state index in [0.717, 1.165) is 10.5 Å². The third kappa shape index (κ3) is 4.04. The number of amidine groups is 1. The molecule has 9 heteroatoms. The summed E-state index contributed by atoms with van der Waals surface area (Å²) < 4.78 is 1.35. The van der Waals surface area contributed by atoms with E-state index in [1.807, 2.05) is 6.92 Å². The highest BCUT2D eigenvalue weighted by Gasteiger charge is 2.47. The molecular weight excluding hydrogens is 392 g/mol. The molecule has 0 saturated heterocycles. The quantitative estimate of drug-likeness (QED) is 0.589. The fourth-order valence-corrected chi connectivity index (χ4v) is 4.10. The average Bonchev–Trinajstić information content (AvgIpc) is 2.69. The molecule has 0 bridgehead atoms. The van der Waals surface area contributed by atoms with Crippen molar-refractivity contribution in [1.29, 1.82) is 0 Å². The number of Topliss-reactive ketones (excluding diaryl/α,β-unsaturated/α-hetero) is 1. The molecule has 0 aromatic heterocycles. The molecule has 1 aromatic rings. The molecule has 1 atom stereocenters. The summed E-state index contributed by atoms with van der Waals surface area (Å²) in [6.45, 7) is 3.30. The monoisotopic (exact) mass is 413 g/mol. The second kappa shape index (κ2) is 8.12. The minimum absolute atomic E-state index is 0.0440. The van der Waals surface area contributed by atoms with Crippen molar-refractivity contribution >= 4 is 53.1 Å². The molecule has 1 aromatic carbocycles.